The maximum Gasteiger partial charge on any atom is 0.287 e. The molecule has 0 spiro atoms. The van der Waals surface area contributed by atoms with Crippen molar-refractivity contribution in [3.8, 4) is 0 Å². The zero-order valence-electron chi connectivity index (χ0n) is 9.27. The van der Waals surface area contributed by atoms with Crippen molar-refractivity contribution in [2.45, 2.75) is 16.7 Å². The molecule has 0 radical (unpaired) electrons. The van der Waals surface area contributed by atoms with E-state index in [-0.39, 0.29) is 23.1 Å². The van der Waals surface area contributed by atoms with E-state index in [0.29, 0.717) is 19.5 Å². The summed E-state index contributed by atoms with van der Waals surface area (Å²) in [5.41, 5.74) is -0.214. The number of hydrogen-bond acceptors (Lipinski definition) is 6. The molecule has 1 unspecified atom stereocenters. The third kappa shape index (κ3) is 2.77. The van der Waals surface area contributed by atoms with Crippen molar-refractivity contribution in [2.24, 2.45) is 0 Å². The quantitative estimate of drug-likeness (QED) is 0.645. The summed E-state index contributed by atoms with van der Waals surface area (Å²) in [5, 5.41) is 12.8. The van der Waals surface area contributed by atoms with Gasteiger partial charge in [0.25, 0.3) is 5.69 Å². The lowest BCUT2D eigenvalue weighted by atomic mass is 10.4. The van der Waals surface area contributed by atoms with Gasteiger partial charge in [0.05, 0.1) is 10.2 Å². The fraction of sp³-hybridized carbons (Fsp3) is 0.444. The van der Waals surface area contributed by atoms with E-state index in [1.54, 1.807) is 0 Å². The summed E-state index contributed by atoms with van der Waals surface area (Å²) < 4.78 is 24.1. The van der Waals surface area contributed by atoms with Crippen molar-refractivity contribution in [3.05, 3.63) is 28.4 Å². The van der Waals surface area contributed by atoms with Crippen LogP contribution in [0.1, 0.15) is 6.42 Å². The smallest absolute Gasteiger partial charge is 0.287 e. The molecule has 1 aromatic heterocycles. The second-order valence-electron chi connectivity index (χ2n) is 3.77. The monoisotopic (exact) mass is 293 g/mol. The number of halogens is 1. The molecule has 1 aliphatic rings. The van der Waals surface area contributed by atoms with Crippen LogP contribution in [-0.4, -0.2) is 36.7 Å². The Morgan fingerprint density at radius 2 is 2.17 bits per heavy atom. The molecule has 1 saturated heterocycles. The topological polar surface area (TPSA) is 102 Å². The van der Waals surface area contributed by atoms with Gasteiger partial charge in [-0.25, -0.2) is 13.4 Å². The first-order valence-electron chi connectivity index (χ1n) is 5.07. The highest BCUT2D eigenvalue weighted by Crippen LogP contribution is 2.20. The maximum absolute atomic E-state index is 12.0. The van der Waals surface area contributed by atoms with Crippen LogP contribution in [0.2, 0.25) is 0 Å². The van der Waals surface area contributed by atoms with E-state index >= 15 is 0 Å². The Labute approximate surface area is 110 Å². The number of hydrogen-bond donors (Lipinski definition) is 1. The predicted octanol–water partition coefficient (Wildman–Crippen LogP) is 0.547. The van der Waals surface area contributed by atoms with E-state index in [1.807, 2.05) is 0 Å². The lowest BCUT2D eigenvalue weighted by Crippen LogP contribution is -2.24. The van der Waals surface area contributed by atoms with Crippen molar-refractivity contribution in [3.63, 3.8) is 0 Å². The molecule has 2 heterocycles. The van der Waals surface area contributed by atoms with Gasteiger partial charge in [0.2, 0.25) is 0 Å². The summed E-state index contributed by atoms with van der Waals surface area (Å²) in [6.45, 7) is 1.07. The molecule has 2 rings (SSSR count). The molecule has 0 amide bonds. The van der Waals surface area contributed by atoms with Gasteiger partial charge in [-0.2, -0.15) is 0 Å². The molecule has 1 atom stereocenters. The predicted molar refractivity (Wildman–Crippen MR) is 66.6 cm³/mol. The number of rotatable bonds is 3. The number of aromatic nitrogens is 1. The van der Waals surface area contributed by atoms with Crippen LogP contribution in [0.25, 0.3) is 0 Å². The Balaban J connectivity index is 0.00000162. The molecule has 0 bridgehead atoms. The number of nitrogens with one attached hydrogen (secondary N) is 1. The summed E-state index contributed by atoms with van der Waals surface area (Å²) in [6, 6.07) is 2.34. The zero-order valence-corrected chi connectivity index (χ0v) is 10.9. The van der Waals surface area contributed by atoms with Crippen molar-refractivity contribution in [2.75, 3.05) is 13.1 Å². The van der Waals surface area contributed by atoms with Gasteiger partial charge < -0.3 is 5.32 Å². The van der Waals surface area contributed by atoms with Crippen LogP contribution in [0.15, 0.2) is 23.4 Å². The summed E-state index contributed by atoms with van der Waals surface area (Å²) in [7, 11) is -3.48. The van der Waals surface area contributed by atoms with Gasteiger partial charge in [-0.1, -0.05) is 0 Å². The first-order valence-corrected chi connectivity index (χ1v) is 6.61. The van der Waals surface area contributed by atoms with Crippen LogP contribution in [-0.2, 0) is 9.84 Å². The van der Waals surface area contributed by atoms with E-state index in [0.717, 1.165) is 12.3 Å². The van der Waals surface area contributed by atoms with Crippen molar-refractivity contribution >= 4 is 27.9 Å². The van der Waals surface area contributed by atoms with Crippen molar-refractivity contribution < 1.29 is 13.3 Å². The van der Waals surface area contributed by atoms with Crippen molar-refractivity contribution in [1.82, 2.24) is 10.3 Å². The van der Waals surface area contributed by atoms with Crippen LogP contribution in [0.4, 0.5) is 5.69 Å². The van der Waals surface area contributed by atoms with Crippen LogP contribution < -0.4 is 5.32 Å². The lowest BCUT2D eigenvalue weighted by molar-refractivity contribution is -0.385. The second kappa shape index (κ2) is 5.59. The highest BCUT2D eigenvalue weighted by molar-refractivity contribution is 7.92. The van der Waals surface area contributed by atoms with Gasteiger partial charge in [0.1, 0.15) is 6.20 Å². The number of sulfone groups is 1. The van der Waals surface area contributed by atoms with Gasteiger partial charge in [-0.05, 0) is 19.0 Å². The second-order valence-corrected chi connectivity index (χ2v) is 5.95. The minimum Gasteiger partial charge on any atom is -0.315 e. The molecule has 0 aromatic carbocycles. The lowest BCUT2D eigenvalue weighted by Gasteiger charge is -2.08. The average Bonchev–Trinajstić information content (AvgIpc) is 2.83. The van der Waals surface area contributed by atoms with E-state index in [9.17, 15) is 18.5 Å². The van der Waals surface area contributed by atoms with Crippen molar-refractivity contribution in [1.29, 1.82) is 0 Å². The molecule has 100 valence electrons. The average molecular weight is 294 g/mol. The molecule has 0 saturated carbocycles. The summed E-state index contributed by atoms with van der Waals surface area (Å²) in [4.78, 5) is 13.5. The van der Waals surface area contributed by atoms with Gasteiger partial charge in [0.15, 0.2) is 14.9 Å². The first-order chi connectivity index (χ1) is 8.01. The van der Waals surface area contributed by atoms with E-state index in [2.05, 4.69) is 10.3 Å². The minimum absolute atomic E-state index is 0. The van der Waals surface area contributed by atoms with E-state index < -0.39 is 20.0 Å². The molecule has 1 fully saturated rings. The summed E-state index contributed by atoms with van der Waals surface area (Å²) in [6.07, 6.45) is 1.51. The number of nitrogens with zero attached hydrogens (tertiary/aromatic N) is 2. The maximum atomic E-state index is 12.0. The molecular formula is C9H12ClN3O4S. The highest BCUT2D eigenvalue weighted by Gasteiger charge is 2.31. The molecule has 1 N–H and O–H groups in total. The molecule has 18 heavy (non-hydrogen) atoms. The van der Waals surface area contributed by atoms with E-state index in [4.69, 9.17) is 0 Å². The van der Waals surface area contributed by atoms with Gasteiger partial charge in [0, 0.05) is 12.6 Å². The van der Waals surface area contributed by atoms with Gasteiger partial charge in [-0.15, -0.1) is 12.4 Å². The highest BCUT2D eigenvalue weighted by atomic mass is 35.5. The zero-order chi connectivity index (χ0) is 12.5. The van der Waals surface area contributed by atoms with Gasteiger partial charge >= 0.3 is 0 Å². The third-order valence-electron chi connectivity index (χ3n) is 2.68. The molecular weight excluding hydrogens is 282 g/mol. The molecule has 7 nitrogen and oxygen atoms in total. The largest absolute Gasteiger partial charge is 0.315 e. The van der Waals surface area contributed by atoms with E-state index in [1.165, 1.54) is 6.07 Å². The Kier molecular flexibility index (Phi) is 4.60. The number of nitro groups is 1. The fourth-order valence-corrected chi connectivity index (χ4v) is 3.28. The van der Waals surface area contributed by atoms with Crippen LogP contribution in [0.3, 0.4) is 0 Å². The molecule has 9 heteroatoms. The molecule has 0 aliphatic carbocycles. The minimum atomic E-state index is -3.48. The van der Waals surface area contributed by atoms with Crippen LogP contribution in [0, 0.1) is 10.1 Å². The SMILES string of the molecule is Cl.O=[N+]([O-])c1ccc(S(=O)(=O)C2CCNC2)nc1. The Morgan fingerprint density at radius 1 is 1.44 bits per heavy atom. The van der Waals surface area contributed by atoms with Crippen LogP contribution in [0.5, 0.6) is 0 Å². The molecule has 1 aliphatic heterocycles. The normalized spacial score (nSPS) is 19.2. The molecule has 1 aromatic rings. The summed E-state index contributed by atoms with van der Waals surface area (Å²) in [5.74, 6) is 0. The Morgan fingerprint density at radius 3 is 2.61 bits per heavy atom. The number of pyridine rings is 1. The Hall–Kier alpha value is -1.25. The fourth-order valence-electron chi connectivity index (χ4n) is 1.71. The Bertz CT molecular complexity index is 525. The standard InChI is InChI=1S/C9H11N3O4S.ClH/c13-12(14)7-1-2-9(11-5-7)17(15,16)8-3-4-10-6-8;/h1-2,5,8,10H,3-4,6H2;1H. The first kappa shape index (κ1) is 14.8. The third-order valence-corrected chi connectivity index (χ3v) is 4.78. The van der Waals surface area contributed by atoms with Gasteiger partial charge in [-0.3, -0.25) is 10.1 Å². The summed E-state index contributed by atoms with van der Waals surface area (Å²) >= 11 is 0. The van der Waals surface area contributed by atoms with Crippen LogP contribution >= 0.6 is 12.4 Å².